The number of ether oxygens (including phenoxy) is 2. The maximum atomic E-state index is 12.9. The van der Waals surface area contributed by atoms with Crippen molar-refractivity contribution in [3.8, 4) is 11.5 Å². The molecule has 1 atom stereocenters. The summed E-state index contributed by atoms with van der Waals surface area (Å²) in [5, 5.41) is 2.97. The molecule has 3 rings (SSSR count). The minimum Gasteiger partial charge on any atom is -0.497 e. The average Bonchev–Trinajstić information content (AvgIpc) is 3.12. The van der Waals surface area contributed by atoms with Crippen molar-refractivity contribution in [2.45, 2.75) is 25.8 Å². The van der Waals surface area contributed by atoms with Gasteiger partial charge in [-0.25, -0.2) is 4.79 Å². The molecule has 0 bridgehead atoms. The molecule has 2 aromatic carbocycles. The lowest BCUT2D eigenvalue weighted by Crippen LogP contribution is -2.34. The van der Waals surface area contributed by atoms with Crippen molar-refractivity contribution >= 4 is 11.7 Å². The highest BCUT2D eigenvalue weighted by Crippen LogP contribution is 2.34. The molecule has 0 saturated carbocycles. The van der Waals surface area contributed by atoms with E-state index in [1.165, 1.54) is 11.1 Å². The number of methoxy groups -OCH3 is 2. The van der Waals surface area contributed by atoms with Gasteiger partial charge in [0.25, 0.3) is 0 Å². The van der Waals surface area contributed by atoms with Crippen LogP contribution in [0, 0.1) is 6.92 Å². The lowest BCUT2D eigenvalue weighted by Gasteiger charge is -2.26. The van der Waals surface area contributed by atoms with Gasteiger partial charge in [0.15, 0.2) is 0 Å². The van der Waals surface area contributed by atoms with Gasteiger partial charge >= 0.3 is 6.03 Å². The maximum absolute atomic E-state index is 12.9. The zero-order valence-electron chi connectivity index (χ0n) is 14.9. The maximum Gasteiger partial charge on any atom is 0.322 e. The highest BCUT2D eigenvalue weighted by atomic mass is 16.5. The summed E-state index contributed by atoms with van der Waals surface area (Å²) in [5.74, 6) is 1.29. The van der Waals surface area contributed by atoms with Gasteiger partial charge in [0, 0.05) is 12.6 Å². The van der Waals surface area contributed by atoms with Crippen molar-refractivity contribution in [3.05, 3.63) is 53.6 Å². The zero-order valence-corrected chi connectivity index (χ0v) is 14.9. The van der Waals surface area contributed by atoms with Gasteiger partial charge in [-0.15, -0.1) is 0 Å². The van der Waals surface area contributed by atoms with Crippen LogP contribution in [0.3, 0.4) is 0 Å². The molecular formula is C20H24N2O3. The molecule has 5 nitrogen and oxygen atoms in total. The monoisotopic (exact) mass is 340 g/mol. The van der Waals surface area contributed by atoms with Gasteiger partial charge in [0.05, 0.1) is 25.9 Å². The van der Waals surface area contributed by atoms with Crippen LogP contribution >= 0.6 is 0 Å². The summed E-state index contributed by atoms with van der Waals surface area (Å²) in [6.07, 6.45) is 1.98. The third-order valence-electron chi connectivity index (χ3n) is 4.62. The Morgan fingerprint density at radius 3 is 2.56 bits per heavy atom. The number of amides is 2. The Balaban J connectivity index is 1.79. The van der Waals surface area contributed by atoms with Gasteiger partial charge < -0.3 is 19.7 Å². The number of hydrogen-bond donors (Lipinski definition) is 1. The Bertz CT molecular complexity index is 743. The minimum atomic E-state index is -0.116. The van der Waals surface area contributed by atoms with Crippen LogP contribution < -0.4 is 14.8 Å². The lowest BCUT2D eigenvalue weighted by molar-refractivity contribution is 0.207. The summed E-state index contributed by atoms with van der Waals surface area (Å²) in [5.41, 5.74) is 3.01. The molecule has 5 heteroatoms. The van der Waals surface area contributed by atoms with Crippen molar-refractivity contribution in [3.63, 3.8) is 0 Å². The number of rotatable bonds is 4. The van der Waals surface area contributed by atoms with Crippen LogP contribution in [0.15, 0.2) is 42.5 Å². The summed E-state index contributed by atoms with van der Waals surface area (Å²) in [6, 6.07) is 13.8. The molecule has 25 heavy (non-hydrogen) atoms. The van der Waals surface area contributed by atoms with Crippen LogP contribution in [0.4, 0.5) is 10.5 Å². The first-order chi connectivity index (χ1) is 12.1. The summed E-state index contributed by atoms with van der Waals surface area (Å²) < 4.78 is 10.6. The number of aryl methyl sites for hydroxylation is 1. The largest absolute Gasteiger partial charge is 0.497 e. The predicted octanol–water partition coefficient (Wildman–Crippen LogP) is 4.38. The minimum absolute atomic E-state index is 0.109. The molecule has 0 aliphatic carbocycles. The smallest absolute Gasteiger partial charge is 0.322 e. The van der Waals surface area contributed by atoms with E-state index < -0.39 is 0 Å². The van der Waals surface area contributed by atoms with E-state index in [1.54, 1.807) is 32.4 Å². The molecule has 0 aromatic heterocycles. The number of nitrogens with one attached hydrogen (secondary N) is 1. The summed E-state index contributed by atoms with van der Waals surface area (Å²) >= 11 is 0. The molecule has 0 spiro atoms. The van der Waals surface area contributed by atoms with Gasteiger partial charge in [-0.3, -0.25) is 0 Å². The van der Waals surface area contributed by atoms with Gasteiger partial charge in [0.1, 0.15) is 11.5 Å². The van der Waals surface area contributed by atoms with Gasteiger partial charge in [-0.05, 0) is 37.5 Å². The Kier molecular flexibility index (Phi) is 5.12. The highest BCUT2D eigenvalue weighted by Gasteiger charge is 2.30. The van der Waals surface area contributed by atoms with Crippen LogP contribution in [-0.4, -0.2) is 31.7 Å². The van der Waals surface area contributed by atoms with E-state index in [4.69, 9.17) is 9.47 Å². The van der Waals surface area contributed by atoms with Gasteiger partial charge in [-0.1, -0.05) is 29.8 Å². The molecule has 0 unspecified atom stereocenters. The van der Waals surface area contributed by atoms with E-state index in [1.807, 2.05) is 4.90 Å². The molecule has 1 aliphatic rings. The number of benzene rings is 2. The third-order valence-corrected chi connectivity index (χ3v) is 4.62. The molecule has 0 radical (unpaired) electrons. The van der Waals surface area contributed by atoms with Crippen LogP contribution in [0.25, 0.3) is 0 Å². The molecule has 1 fully saturated rings. The molecule has 1 heterocycles. The Morgan fingerprint density at radius 1 is 1.12 bits per heavy atom. The Morgan fingerprint density at radius 2 is 1.88 bits per heavy atom. The SMILES string of the molecule is COc1ccc(OC)c(NC(=O)N2CCC[C@H]2c2ccc(C)cc2)c1. The molecule has 132 valence electrons. The van der Waals surface area contributed by atoms with Crippen molar-refractivity contribution in [1.82, 2.24) is 4.90 Å². The second-order valence-electron chi connectivity index (χ2n) is 6.26. The number of carbonyl (C=O) groups excluding carboxylic acids is 1. The quantitative estimate of drug-likeness (QED) is 0.898. The number of carbonyl (C=O) groups is 1. The molecule has 2 amide bonds. The molecule has 1 N–H and O–H groups in total. The third kappa shape index (κ3) is 3.71. The van der Waals surface area contributed by atoms with Gasteiger partial charge in [-0.2, -0.15) is 0 Å². The lowest BCUT2D eigenvalue weighted by atomic mass is 10.0. The summed E-state index contributed by atoms with van der Waals surface area (Å²) in [6.45, 7) is 2.81. The zero-order chi connectivity index (χ0) is 17.8. The van der Waals surface area contributed by atoms with Crippen LogP contribution in [0.5, 0.6) is 11.5 Å². The number of urea groups is 1. The fourth-order valence-corrected chi connectivity index (χ4v) is 3.24. The second kappa shape index (κ2) is 7.47. The Hall–Kier alpha value is -2.69. The fraction of sp³-hybridized carbons (Fsp3) is 0.350. The van der Waals surface area contributed by atoms with E-state index in [-0.39, 0.29) is 12.1 Å². The molecule has 1 saturated heterocycles. The van der Waals surface area contributed by atoms with Crippen molar-refractivity contribution in [2.75, 3.05) is 26.1 Å². The Labute approximate surface area is 148 Å². The van der Waals surface area contributed by atoms with E-state index in [0.717, 1.165) is 19.4 Å². The number of anilines is 1. The van der Waals surface area contributed by atoms with E-state index in [0.29, 0.717) is 17.2 Å². The molecular weight excluding hydrogens is 316 g/mol. The first-order valence-corrected chi connectivity index (χ1v) is 8.48. The normalized spacial score (nSPS) is 16.6. The number of hydrogen-bond acceptors (Lipinski definition) is 3. The van der Waals surface area contributed by atoms with Crippen molar-refractivity contribution in [1.29, 1.82) is 0 Å². The predicted molar refractivity (Wildman–Crippen MR) is 98.4 cm³/mol. The first-order valence-electron chi connectivity index (χ1n) is 8.48. The average molecular weight is 340 g/mol. The molecule has 2 aromatic rings. The molecule has 1 aliphatic heterocycles. The summed E-state index contributed by atoms with van der Waals surface area (Å²) in [4.78, 5) is 14.7. The van der Waals surface area contributed by atoms with Crippen molar-refractivity contribution < 1.29 is 14.3 Å². The number of likely N-dealkylation sites (tertiary alicyclic amines) is 1. The van der Waals surface area contributed by atoms with Crippen molar-refractivity contribution in [2.24, 2.45) is 0 Å². The van der Waals surface area contributed by atoms with E-state index in [2.05, 4.69) is 36.5 Å². The van der Waals surface area contributed by atoms with Crippen LogP contribution in [-0.2, 0) is 0 Å². The standard InChI is InChI=1S/C20H24N2O3/c1-14-6-8-15(9-7-14)18-5-4-12-22(18)20(23)21-17-13-16(24-2)10-11-19(17)25-3/h6-11,13,18H,4-5,12H2,1-3H3,(H,21,23)/t18-/m0/s1. The van der Waals surface area contributed by atoms with E-state index >= 15 is 0 Å². The fourth-order valence-electron chi connectivity index (χ4n) is 3.24. The van der Waals surface area contributed by atoms with Crippen LogP contribution in [0.1, 0.15) is 30.0 Å². The van der Waals surface area contributed by atoms with E-state index in [9.17, 15) is 4.79 Å². The highest BCUT2D eigenvalue weighted by molar-refractivity contribution is 5.91. The first kappa shape index (κ1) is 17.1. The summed E-state index contributed by atoms with van der Waals surface area (Å²) in [7, 11) is 3.18. The topological polar surface area (TPSA) is 50.8 Å². The van der Waals surface area contributed by atoms with Gasteiger partial charge in [0.2, 0.25) is 0 Å². The van der Waals surface area contributed by atoms with Crippen LogP contribution in [0.2, 0.25) is 0 Å². The number of nitrogens with zero attached hydrogens (tertiary/aromatic N) is 1. The second-order valence-corrected chi connectivity index (χ2v) is 6.26.